The molecule has 1 amide bonds. The Balaban J connectivity index is 1.88. The number of nitrogens with one attached hydrogen (secondary N) is 2. The van der Waals surface area contributed by atoms with Crippen LogP contribution in [0.5, 0.6) is 0 Å². The van der Waals surface area contributed by atoms with Crippen molar-refractivity contribution in [2.75, 3.05) is 11.3 Å². The molecule has 0 fully saturated rings. The molecule has 10 nitrogen and oxygen atoms in total. The summed E-state index contributed by atoms with van der Waals surface area (Å²) in [6.07, 6.45) is -0.129. The molecule has 0 aromatic heterocycles. The van der Waals surface area contributed by atoms with Gasteiger partial charge in [-0.3, -0.25) is 14.3 Å². The van der Waals surface area contributed by atoms with Crippen LogP contribution in [-0.4, -0.2) is 32.9 Å². The van der Waals surface area contributed by atoms with Gasteiger partial charge in [-0.15, -0.1) is 0 Å². The molecule has 0 saturated heterocycles. The van der Waals surface area contributed by atoms with Gasteiger partial charge in [0.1, 0.15) is 0 Å². The summed E-state index contributed by atoms with van der Waals surface area (Å²) in [7, 11) is -4.01. The molecule has 0 heterocycles. The van der Waals surface area contributed by atoms with Crippen LogP contribution in [0.2, 0.25) is 0 Å². The second kappa shape index (κ2) is 13.1. The summed E-state index contributed by atoms with van der Waals surface area (Å²) < 4.78 is 33.9. The molecule has 0 spiro atoms. The number of hydrogen-bond acceptors (Lipinski definition) is 6. The van der Waals surface area contributed by atoms with E-state index in [4.69, 9.17) is 16.2 Å². The molecule has 3 aromatic carbocycles. The first-order chi connectivity index (χ1) is 18.9. The van der Waals surface area contributed by atoms with Crippen LogP contribution in [0, 0.1) is 13.8 Å². The summed E-state index contributed by atoms with van der Waals surface area (Å²) in [5, 5.41) is 2.95. The zero-order valence-electron chi connectivity index (χ0n) is 23.0. The number of carbonyl (C=O) groups excluding carboxylic acids is 2. The van der Waals surface area contributed by atoms with Gasteiger partial charge in [0.15, 0.2) is 5.96 Å². The van der Waals surface area contributed by atoms with E-state index in [9.17, 15) is 18.0 Å². The first-order valence-corrected chi connectivity index (χ1v) is 14.2. The third-order valence-electron chi connectivity index (χ3n) is 6.21. The average Bonchev–Trinajstić information content (AvgIpc) is 2.88. The van der Waals surface area contributed by atoms with E-state index in [0.29, 0.717) is 5.56 Å². The average molecular weight is 566 g/mol. The van der Waals surface area contributed by atoms with E-state index in [1.165, 1.54) is 18.2 Å². The Hall–Kier alpha value is -4.38. The van der Waals surface area contributed by atoms with Gasteiger partial charge >= 0.3 is 5.97 Å². The van der Waals surface area contributed by atoms with E-state index < -0.39 is 28.0 Å². The summed E-state index contributed by atoms with van der Waals surface area (Å²) in [4.78, 5) is 29.6. The fourth-order valence-electron chi connectivity index (χ4n) is 4.29. The van der Waals surface area contributed by atoms with Gasteiger partial charge in [0.2, 0.25) is 5.91 Å². The van der Waals surface area contributed by atoms with Crippen molar-refractivity contribution in [1.82, 2.24) is 5.32 Å². The molecule has 40 heavy (non-hydrogen) atoms. The Morgan fingerprint density at radius 2 is 1.73 bits per heavy atom. The van der Waals surface area contributed by atoms with Crippen LogP contribution in [0.4, 0.5) is 11.4 Å². The minimum absolute atomic E-state index is 0.0425. The maximum absolute atomic E-state index is 13.3. The van der Waals surface area contributed by atoms with E-state index in [1.54, 1.807) is 44.2 Å². The van der Waals surface area contributed by atoms with Crippen LogP contribution in [0.15, 0.2) is 76.6 Å². The van der Waals surface area contributed by atoms with Crippen LogP contribution >= 0.6 is 0 Å². The molecule has 0 bridgehead atoms. The van der Waals surface area contributed by atoms with Crippen LogP contribution in [0.25, 0.3) is 0 Å². The summed E-state index contributed by atoms with van der Waals surface area (Å²) >= 11 is 0. The van der Waals surface area contributed by atoms with Crippen molar-refractivity contribution in [3.05, 3.63) is 89.0 Å². The highest BCUT2D eigenvalue weighted by molar-refractivity contribution is 7.92. The number of carbonyl (C=O) groups is 2. The molecule has 11 heteroatoms. The van der Waals surface area contributed by atoms with Crippen molar-refractivity contribution in [3.8, 4) is 0 Å². The van der Waals surface area contributed by atoms with Crippen LogP contribution in [0.1, 0.15) is 54.5 Å². The zero-order valence-corrected chi connectivity index (χ0v) is 23.8. The third-order valence-corrected chi connectivity index (χ3v) is 7.58. The summed E-state index contributed by atoms with van der Waals surface area (Å²) in [5.41, 5.74) is 14.8. The second-order valence-corrected chi connectivity index (χ2v) is 11.1. The molecule has 6 N–H and O–H groups in total. The van der Waals surface area contributed by atoms with E-state index in [1.807, 2.05) is 32.0 Å². The van der Waals surface area contributed by atoms with Crippen LogP contribution in [-0.2, 0) is 24.3 Å². The van der Waals surface area contributed by atoms with Gasteiger partial charge in [-0.05, 0) is 74.7 Å². The number of esters is 1. The molecule has 3 rings (SSSR count). The number of rotatable bonds is 11. The standard InChI is InChI=1S/C29H35N5O5S/c1-5-39-27(35)17-26(33-28(36)20(4)25-13-12-18(2)14-19(25)3)21-8-6-10-23(15-21)34-40(37,38)24-11-7-9-22(16-24)32-29(30)31/h6-16,20,26,34H,5,17H2,1-4H3,(H,33,36)(H4,30,31,32). The minimum atomic E-state index is -4.01. The van der Waals surface area contributed by atoms with E-state index in [2.05, 4.69) is 15.0 Å². The number of ether oxygens (including phenoxy) is 1. The lowest BCUT2D eigenvalue weighted by molar-refractivity contribution is -0.143. The highest BCUT2D eigenvalue weighted by atomic mass is 32.2. The SMILES string of the molecule is CCOC(=O)CC(NC(=O)C(C)c1ccc(C)cc1C)c1cccc(NS(=O)(=O)c2cccc(N=C(N)N)c2)c1. The Bertz CT molecular complexity index is 1520. The molecule has 212 valence electrons. The smallest absolute Gasteiger partial charge is 0.308 e. The number of amides is 1. The predicted molar refractivity (Wildman–Crippen MR) is 156 cm³/mol. The molecule has 0 aliphatic carbocycles. The van der Waals surface area contributed by atoms with Gasteiger partial charge in [-0.25, -0.2) is 13.4 Å². The van der Waals surface area contributed by atoms with E-state index in [-0.39, 0.29) is 41.2 Å². The Morgan fingerprint density at radius 1 is 1.00 bits per heavy atom. The molecule has 0 aliphatic heterocycles. The molecule has 2 atom stereocenters. The predicted octanol–water partition coefficient (Wildman–Crippen LogP) is 3.92. The van der Waals surface area contributed by atoms with Gasteiger partial charge in [0.05, 0.1) is 35.6 Å². The highest BCUT2D eigenvalue weighted by Gasteiger charge is 2.25. The molecule has 0 saturated carbocycles. The summed E-state index contributed by atoms with van der Waals surface area (Å²) in [5.74, 6) is -1.44. The van der Waals surface area contributed by atoms with E-state index >= 15 is 0 Å². The van der Waals surface area contributed by atoms with Crippen molar-refractivity contribution in [1.29, 1.82) is 0 Å². The number of aryl methyl sites for hydroxylation is 2. The fraction of sp³-hybridized carbons (Fsp3) is 0.276. The van der Waals surface area contributed by atoms with Crippen molar-refractivity contribution in [2.24, 2.45) is 16.5 Å². The number of benzene rings is 3. The number of nitrogens with two attached hydrogens (primary N) is 2. The fourth-order valence-corrected chi connectivity index (χ4v) is 5.38. The van der Waals surface area contributed by atoms with Crippen LogP contribution < -0.4 is 21.5 Å². The molecule has 3 aromatic rings. The lowest BCUT2D eigenvalue weighted by Crippen LogP contribution is -2.34. The third kappa shape index (κ3) is 8.06. The van der Waals surface area contributed by atoms with Gasteiger partial charge in [0, 0.05) is 5.69 Å². The first-order valence-electron chi connectivity index (χ1n) is 12.7. The Kier molecular flexibility index (Phi) is 9.89. The van der Waals surface area contributed by atoms with Crippen molar-refractivity contribution in [3.63, 3.8) is 0 Å². The lowest BCUT2D eigenvalue weighted by Gasteiger charge is -2.23. The Morgan fingerprint density at radius 3 is 2.40 bits per heavy atom. The zero-order chi connectivity index (χ0) is 29.4. The maximum Gasteiger partial charge on any atom is 0.308 e. The van der Waals surface area contributed by atoms with Crippen LogP contribution in [0.3, 0.4) is 0 Å². The lowest BCUT2D eigenvalue weighted by atomic mass is 9.93. The molecule has 2 unspecified atom stereocenters. The number of guanidine groups is 1. The van der Waals surface area contributed by atoms with E-state index in [0.717, 1.165) is 16.7 Å². The van der Waals surface area contributed by atoms with Gasteiger partial charge in [-0.2, -0.15) is 0 Å². The van der Waals surface area contributed by atoms with Crippen molar-refractivity contribution in [2.45, 2.75) is 51.0 Å². The maximum atomic E-state index is 13.3. The molecule has 0 aliphatic rings. The number of aliphatic imine (C=N–C) groups is 1. The van der Waals surface area contributed by atoms with Crippen molar-refractivity contribution < 1.29 is 22.7 Å². The number of hydrogen-bond donors (Lipinski definition) is 4. The molecular formula is C29H35N5O5S. The molecular weight excluding hydrogens is 530 g/mol. The largest absolute Gasteiger partial charge is 0.466 e. The van der Waals surface area contributed by atoms with Gasteiger partial charge < -0.3 is 21.5 Å². The van der Waals surface area contributed by atoms with Gasteiger partial charge in [-0.1, -0.05) is 42.0 Å². The quantitative estimate of drug-likeness (QED) is 0.155. The normalized spacial score (nSPS) is 12.6. The second-order valence-electron chi connectivity index (χ2n) is 9.42. The van der Waals surface area contributed by atoms with Crippen molar-refractivity contribution >= 4 is 39.2 Å². The summed E-state index contributed by atoms with van der Waals surface area (Å²) in [6.45, 7) is 7.63. The van der Waals surface area contributed by atoms with Gasteiger partial charge in [0.25, 0.3) is 10.0 Å². The number of nitrogens with zero attached hydrogens (tertiary/aromatic N) is 1. The number of anilines is 1. The monoisotopic (exact) mass is 565 g/mol. The highest BCUT2D eigenvalue weighted by Crippen LogP contribution is 2.27. The topological polar surface area (TPSA) is 166 Å². The Labute approximate surface area is 234 Å². The summed E-state index contributed by atoms with van der Waals surface area (Å²) in [6, 6.07) is 17.5. The number of sulfonamides is 1. The first kappa shape index (κ1) is 30.2. The minimum Gasteiger partial charge on any atom is -0.466 e. The molecule has 0 radical (unpaired) electrons.